The fourth-order valence-electron chi connectivity index (χ4n) is 1.81. The molecular weight excluding hydrogens is 176 g/mol. The Morgan fingerprint density at radius 3 is 2.79 bits per heavy atom. The molecule has 1 heterocycles. The quantitative estimate of drug-likeness (QED) is 0.735. The third-order valence-electron chi connectivity index (χ3n) is 2.72. The molecule has 0 aromatic heterocycles. The van der Waals surface area contributed by atoms with Crippen molar-refractivity contribution in [3.8, 4) is 0 Å². The van der Waals surface area contributed by atoms with Gasteiger partial charge in [0.1, 0.15) is 0 Å². The van der Waals surface area contributed by atoms with Gasteiger partial charge in [-0.05, 0) is 27.7 Å². The number of piperazine rings is 1. The molecule has 84 valence electrons. The molecule has 0 aromatic carbocycles. The van der Waals surface area contributed by atoms with Crippen LogP contribution in [-0.4, -0.2) is 49.3 Å². The Morgan fingerprint density at radius 1 is 1.43 bits per heavy atom. The van der Waals surface area contributed by atoms with Gasteiger partial charge in [0.05, 0.1) is 12.7 Å². The molecule has 2 atom stereocenters. The number of nitrogens with zero attached hydrogens (tertiary/aromatic N) is 1. The van der Waals surface area contributed by atoms with Gasteiger partial charge in [-0.15, -0.1) is 0 Å². The number of ether oxygens (including phenoxy) is 1. The SMILES string of the molecule is CC1CN(CCOC(C)C)C(C)CN1. The van der Waals surface area contributed by atoms with E-state index in [1.54, 1.807) is 0 Å². The minimum Gasteiger partial charge on any atom is -0.377 e. The lowest BCUT2D eigenvalue weighted by molar-refractivity contribution is 0.0408. The van der Waals surface area contributed by atoms with Gasteiger partial charge in [-0.25, -0.2) is 0 Å². The van der Waals surface area contributed by atoms with E-state index in [0.717, 1.165) is 26.2 Å². The minimum atomic E-state index is 0.352. The van der Waals surface area contributed by atoms with Crippen LogP contribution in [0.3, 0.4) is 0 Å². The summed E-state index contributed by atoms with van der Waals surface area (Å²) in [5.41, 5.74) is 0. The summed E-state index contributed by atoms with van der Waals surface area (Å²) in [5.74, 6) is 0. The van der Waals surface area contributed by atoms with Crippen molar-refractivity contribution in [1.82, 2.24) is 10.2 Å². The summed E-state index contributed by atoms with van der Waals surface area (Å²) in [4.78, 5) is 2.50. The fourth-order valence-corrected chi connectivity index (χ4v) is 1.81. The van der Waals surface area contributed by atoms with Crippen LogP contribution in [0.2, 0.25) is 0 Å². The fraction of sp³-hybridized carbons (Fsp3) is 1.00. The molecule has 1 fully saturated rings. The van der Waals surface area contributed by atoms with E-state index in [1.165, 1.54) is 0 Å². The van der Waals surface area contributed by atoms with Crippen LogP contribution in [0.1, 0.15) is 27.7 Å². The molecule has 0 aromatic rings. The predicted octanol–water partition coefficient (Wildman–Crippen LogP) is 1.09. The van der Waals surface area contributed by atoms with Gasteiger partial charge in [0.15, 0.2) is 0 Å². The third kappa shape index (κ3) is 3.95. The Hall–Kier alpha value is -0.120. The van der Waals surface area contributed by atoms with Gasteiger partial charge in [-0.1, -0.05) is 0 Å². The van der Waals surface area contributed by atoms with E-state index in [1.807, 2.05) is 0 Å². The lowest BCUT2D eigenvalue weighted by Gasteiger charge is -2.37. The van der Waals surface area contributed by atoms with E-state index in [-0.39, 0.29) is 0 Å². The van der Waals surface area contributed by atoms with Crippen molar-refractivity contribution < 1.29 is 4.74 Å². The van der Waals surface area contributed by atoms with Crippen molar-refractivity contribution >= 4 is 0 Å². The molecule has 1 N–H and O–H groups in total. The van der Waals surface area contributed by atoms with Crippen molar-refractivity contribution in [3.63, 3.8) is 0 Å². The van der Waals surface area contributed by atoms with Crippen molar-refractivity contribution in [2.75, 3.05) is 26.2 Å². The van der Waals surface area contributed by atoms with Gasteiger partial charge >= 0.3 is 0 Å². The van der Waals surface area contributed by atoms with E-state index in [0.29, 0.717) is 18.2 Å². The first-order valence-electron chi connectivity index (χ1n) is 5.68. The molecule has 0 spiro atoms. The molecular formula is C11H24N2O. The number of hydrogen-bond donors (Lipinski definition) is 1. The molecule has 0 bridgehead atoms. The first-order valence-corrected chi connectivity index (χ1v) is 5.68. The largest absolute Gasteiger partial charge is 0.377 e. The predicted molar refractivity (Wildman–Crippen MR) is 59.6 cm³/mol. The number of nitrogens with one attached hydrogen (secondary N) is 1. The Bertz CT molecular complexity index is 161. The van der Waals surface area contributed by atoms with Crippen LogP contribution in [0, 0.1) is 0 Å². The highest BCUT2D eigenvalue weighted by Crippen LogP contribution is 2.05. The summed E-state index contributed by atoms with van der Waals surface area (Å²) in [7, 11) is 0. The van der Waals surface area contributed by atoms with Gasteiger partial charge in [0.2, 0.25) is 0 Å². The first kappa shape index (κ1) is 12.0. The van der Waals surface area contributed by atoms with Gasteiger partial charge in [0, 0.05) is 31.7 Å². The van der Waals surface area contributed by atoms with E-state index >= 15 is 0 Å². The van der Waals surface area contributed by atoms with Crippen LogP contribution in [0.5, 0.6) is 0 Å². The van der Waals surface area contributed by atoms with Gasteiger partial charge in [-0.3, -0.25) is 4.90 Å². The average molecular weight is 200 g/mol. The van der Waals surface area contributed by atoms with Gasteiger partial charge in [-0.2, -0.15) is 0 Å². The highest BCUT2D eigenvalue weighted by molar-refractivity contribution is 4.80. The molecule has 3 heteroatoms. The Morgan fingerprint density at radius 2 is 2.14 bits per heavy atom. The Labute approximate surface area is 87.8 Å². The van der Waals surface area contributed by atoms with Crippen molar-refractivity contribution in [3.05, 3.63) is 0 Å². The van der Waals surface area contributed by atoms with E-state index in [2.05, 4.69) is 37.9 Å². The molecule has 0 saturated carbocycles. The van der Waals surface area contributed by atoms with Crippen molar-refractivity contribution in [2.45, 2.75) is 45.9 Å². The Balaban J connectivity index is 2.20. The normalized spacial score (nSPS) is 29.8. The summed E-state index contributed by atoms with van der Waals surface area (Å²) in [5, 5.41) is 3.48. The van der Waals surface area contributed by atoms with E-state index in [9.17, 15) is 0 Å². The molecule has 1 saturated heterocycles. The molecule has 0 radical (unpaired) electrons. The number of hydrogen-bond acceptors (Lipinski definition) is 3. The van der Waals surface area contributed by atoms with Crippen LogP contribution in [0.25, 0.3) is 0 Å². The summed E-state index contributed by atoms with van der Waals surface area (Å²) in [6.07, 6.45) is 0.352. The lowest BCUT2D eigenvalue weighted by Crippen LogP contribution is -2.55. The standard InChI is InChI=1S/C11H24N2O/c1-9(2)14-6-5-13-8-10(3)12-7-11(13)4/h9-12H,5-8H2,1-4H3. The molecule has 2 unspecified atom stereocenters. The van der Waals surface area contributed by atoms with Crippen LogP contribution < -0.4 is 5.32 Å². The van der Waals surface area contributed by atoms with E-state index < -0.39 is 0 Å². The van der Waals surface area contributed by atoms with Crippen molar-refractivity contribution in [2.24, 2.45) is 0 Å². The second-order valence-corrected chi connectivity index (χ2v) is 4.57. The monoisotopic (exact) mass is 200 g/mol. The van der Waals surface area contributed by atoms with Gasteiger partial charge < -0.3 is 10.1 Å². The topological polar surface area (TPSA) is 24.5 Å². The zero-order valence-corrected chi connectivity index (χ0v) is 9.92. The summed E-state index contributed by atoms with van der Waals surface area (Å²) in [6.45, 7) is 12.8. The minimum absolute atomic E-state index is 0.352. The maximum atomic E-state index is 5.57. The van der Waals surface area contributed by atoms with Crippen LogP contribution in [0.4, 0.5) is 0 Å². The molecule has 1 aliphatic rings. The second kappa shape index (κ2) is 5.69. The Kier molecular flexibility index (Phi) is 4.85. The van der Waals surface area contributed by atoms with Crippen LogP contribution in [0.15, 0.2) is 0 Å². The number of rotatable bonds is 4. The average Bonchev–Trinajstić information content (AvgIpc) is 2.10. The maximum Gasteiger partial charge on any atom is 0.0597 e. The van der Waals surface area contributed by atoms with Crippen LogP contribution >= 0.6 is 0 Å². The van der Waals surface area contributed by atoms with Crippen LogP contribution in [-0.2, 0) is 4.74 Å². The maximum absolute atomic E-state index is 5.57. The zero-order chi connectivity index (χ0) is 10.6. The zero-order valence-electron chi connectivity index (χ0n) is 9.92. The molecule has 0 aliphatic carbocycles. The highest BCUT2D eigenvalue weighted by atomic mass is 16.5. The van der Waals surface area contributed by atoms with E-state index in [4.69, 9.17) is 4.74 Å². The molecule has 3 nitrogen and oxygen atoms in total. The third-order valence-corrected chi connectivity index (χ3v) is 2.72. The molecule has 14 heavy (non-hydrogen) atoms. The highest BCUT2D eigenvalue weighted by Gasteiger charge is 2.21. The molecule has 1 aliphatic heterocycles. The summed E-state index contributed by atoms with van der Waals surface area (Å²) >= 11 is 0. The first-order chi connectivity index (χ1) is 6.59. The second-order valence-electron chi connectivity index (χ2n) is 4.57. The lowest BCUT2D eigenvalue weighted by atomic mass is 10.1. The van der Waals surface area contributed by atoms with Crippen molar-refractivity contribution in [1.29, 1.82) is 0 Å². The molecule has 0 amide bonds. The molecule has 1 rings (SSSR count). The smallest absolute Gasteiger partial charge is 0.0597 e. The summed E-state index contributed by atoms with van der Waals surface area (Å²) in [6, 6.07) is 1.26. The summed E-state index contributed by atoms with van der Waals surface area (Å²) < 4.78 is 5.57. The van der Waals surface area contributed by atoms with Gasteiger partial charge in [0.25, 0.3) is 0 Å².